The van der Waals surface area contributed by atoms with Crippen molar-refractivity contribution in [3.63, 3.8) is 0 Å². The van der Waals surface area contributed by atoms with Crippen LogP contribution in [-0.4, -0.2) is 28.3 Å². The Morgan fingerprint density at radius 1 is 1.40 bits per heavy atom. The SMILES string of the molecule is CC(O)C(N)C(=O)O.c1ccc2c(c1)C2. The molecule has 0 amide bonds. The van der Waals surface area contributed by atoms with Gasteiger partial charge in [-0.3, -0.25) is 4.79 Å². The van der Waals surface area contributed by atoms with Crippen LogP contribution in [0.25, 0.3) is 0 Å². The van der Waals surface area contributed by atoms with Crippen molar-refractivity contribution >= 4 is 5.97 Å². The van der Waals surface area contributed by atoms with Crippen LogP contribution in [0.5, 0.6) is 0 Å². The van der Waals surface area contributed by atoms with Crippen molar-refractivity contribution in [2.45, 2.75) is 25.5 Å². The Bertz CT molecular complexity index is 328. The Balaban J connectivity index is 0.000000150. The zero-order chi connectivity index (χ0) is 11.4. The molecule has 1 aromatic carbocycles. The quantitative estimate of drug-likeness (QED) is 0.667. The first kappa shape index (κ1) is 11.7. The molecule has 1 aliphatic rings. The highest BCUT2D eigenvalue weighted by atomic mass is 16.4. The fourth-order valence-corrected chi connectivity index (χ4v) is 1.04. The molecule has 0 spiro atoms. The van der Waals surface area contributed by atoms with E-state index < -0.39 is 18.1 Å². The molecular weight excluding hydrogens is 194 g/mol. The molecule has 15 heavy (non-hydrogen) atoms. The largest absolute Gasteiger partial charge is 0.480 e. The highest BCUT2D eigenvalue weighted by molar-refractivity contribution is 5.73. The van der Waals surface area contributed by atoms with Gasteiger partial charge in [0.05, 0.1) is 6.10 Å². The number of rotatable bonds is 2. The van der Waals surface area contributed by atoms with Crippen molar-refractivity contribution in [1.29, 1.82) is 0 Å². The molecule has 2 rings (SSSR count). The van der Waals surface area contributed by atoms with Crippen LogP contribution in [0.2, 0.25) is 0 Å². The van der Waals surface area contributed by atoms with E-state index in [4.69, 9.17) is 15.9 Å². The average Bonchev–Trinajstić information content (AvgIpc) is 2.95. The summed E-state index contributed by atoms with van der Waals surface area (Å²) in [7, 11) is 0. The monoisotopic (exact) mass is 209 g/mol. The smallest absolute Gasteiger partial charge is 0.323 e. The number of carbonyl (C=O) groups is 1. The van der Waals surface area contributed by atoms with Gasteiger partial charge in [-0.05, 0) is 24.5 Å². The second-order valence-corrected chi connectivity index (χ2v) is 3.55. The topological polar surface area (TPSA) is 83.5 Å². The molecule has 0 heterocycles. The molecule has 4 heteroatoms. The first-order chi connectivity index (χ1) is 7.02. The van der Waals surface area contributed by atoms with Crippen molar-refractivity contribution in [1.82, 2.24) is 0 Å². The van der Waals surface area contributed by atoms with E-state index in [1.54, 1.807) is 0 Å². The van der Waals surface area contributed by atoms with E-state index >= 15 is 0 Å². The van der Waals surface area contributed by atoms with Crippen LogP contribution in [0.1, 0.15) is 18.1 Å². The summed E-state index contributed by atoms with van der Waals surface area (Å²) in [6.45, 7) is 1.33. The van der Waals surface area contributed by atoms with Gasteiger partial charge in [0.15, 0.2) is 0 Å². The second-order valence-electron chi connectivity index (χ2n) is 3.55. The van der Waals surface area contributed by atoms with Crippen LogP contribution in [0.15, 0.2) is 24.3 Å². The predicted molar refractivity (Wildman–Crippen MR) is 56.5 cm³/mol. The molecule has 2 unspecified atom stereocenters. The summed E-state index contributed by atoms with van der Waals surface area (Å²) in [6, 6.07) is 7.37. The maximum atomic E-state index is 9.86. The number of benzene rings is 1. The number of aliphatic hydroxyl groups excluding tert-OH is 1. The minimum Gasteiger partial charge on any atom is -0.480 e. The van der Waals surface area contributed by atoms with E-state index in [1.807, 2.05) is 0 Å². The molecule has 1 aliphatic carbocycles. The lowest BCUT2D eigenvalue weighted by Gasteiger charge is -2.06. The van der Waals surface area contributed by atoms with Gasteiger partial charge in [-0.25, -0.2) is 0 Å². The van der Waals surface area contributed by atoms with Crippen LogP contribution < -0.4 is 5.73 Å². The fourth-order valence-electron chi connectivity index (χ4n) is 1.04. The highest BCUT2D eigenvalue weighted by Crippen LogP contribution is 2.25. The Labute approximate surface area is 88.3 Å². The van der Waals surface area contributed by atoms with Gasteiger partial charge in [-0.2, -0.15) is 0 Å². The van der Waals surface area contributed by atoms with Gasteiger partial charge in [0.1, 0.15) is 6.04 Å². The van der Waals surface area contributed by atoms with Crippen molar-refractivity contribution in [2.75, 3.05) is 0 Å². The zero-order valence-corrected chi connectivity index (χ0v) is 8.55. The number of aliphatic hydroxyl groups is 1. The van der Waals surface area contributed by atoms with Gasteiger partial charge in [0, 0.05) is 0 Å². The summed E-state index contributed by atoms with van der Waals surface area (Å²) in [5, 5.41) is 16.6. The first-order valence-corrected chi connectivity index (χ1v) is 4.75. The predicted octanol–water partition coefficient (Wildman–Crippen LogP) is 0.370. The van der Waals surface area contributed by atoms with Gasteiger partial charge in [-0.15, -0.1) is 0 Å². The molecule has 4 N–H and O–H groups in total. The van der Waals surface area contributed by atoms with Gasteiger partial charge in [0.25, 0.3) is 0 Å². The number of carboxylic acid groups (broad SMARTS) is 1. The van der Waals surface area contributed by atoms with Gasteiger partial charge >= 0.3 is 5.97 Å². The lowest BCUT2D eigenvalue weighted by molar-refractivity contribution is -0.140. The van der Waals surface area contributed by atoms with Crippen LogP contribution in [0.3, 0.4) is 0 Å². The molecule has 0 fully saturated rings. The molecule has 2 atom stereocenters. The lowest BCUT2D eigenvalue weighted by atomic mass is 10.2. The van der Waals surface area contributed by atoms with Crippen molar-refractivity contribution in [3.05, 3.63) is 35.4 Å². The number of hydrogen-bond acceptors (Lipinski definition) is 3. The second kappa shape index (κ2) is 4.91. The van der Waals surface area contributed by atoms with E-state index in [2.05, 4.69) is 24.3 Å². The molecule has 0 saturated heterocycles. The lowest BCUT2D eigenvalue weighted by Crippen LogP contribution is -2.39. The minimum atomic E-state index is -1.18. The molecule has 0 radical (unpaired) electrons. The van der Waals surface area contributed by atoms with E-state index in [-0.39, 0.29) is 0 Å². The third-order valence-corrected chi connectivity index (χ3v) is 2.18. The summed E-state index contributed by atoms with van der Waals surface area (Å²) in [5.74, 6) is -1.18. The highest BCUT2D eigenvalue weighted by Gasteiger charge is 2.16. The first-order valence-electron chi connectivity index (χ1n) is 4.75. The summed E-state index contributed by atoms with van der Waals surface area (Å²) in [6.07, 6.45) is 0.264. The van der Waals surface area contributed by atoms with Crippen molar-refractivity contribution in [2.24, 2.45) is 5.73 Å². The van der Waals surface area contributed by atoms with E-state index in [0.29, 0.717) is 0 Å². The van der Waals surface area contributed by atoms with Crippen LogP contribution in [0.4, 0.5) is 0 Å². The maximum Gasteiger partial charge on any atom is 0.323 e. The normalized spacial score (nSPS) is 15.4. The van der Waals surface area contributed by atoms with Gasteiger partial charge in [-0.1, -0.05) is 24.3 Å². The van der Waals surface area contributed by atoms with Crippen LogP contribution in [-0.2, 0) is 11.2 Å². The number of nitrogens with two attached hydrogens (primary N) is 1. The van der Waals surface area contributed by atoms with E-state index in [9.17, 15) is 4.79 Å². The third-order valence-electron chi connectivity index (χ3n) is 2.18. The Morgan fingerprint density at radius 3 is 2.07 bits per heavy atom. The van der Waals surface area contributed by atoms with Crippen LogP contribution in [0, 0.1) is 0 Å². The molecule has 0 aliphatic heterocycles. The molecule has 0 bridgehead atoms. The maximum absolute atomic E-state index is 9.86. The fraction of sp³-hybridized carbons (Fsp3) is 0.364. The minimum absolute atomic E-state index is 0.979. The summed E-state index contributed by atoms with van der Waals surface area (Å²) in [5.41, 5.74) is 7.97. The summed E-state index contributed by atoms with van der Waals surface area (Å²) < 4.78 is 0. The molecule has 1 aromatic rings. The summed E-state index contributed by atoms with van der Waals surface area (Å²) in [4.78, 5) is 9.86. The molecule has 0 saturated carbocycles. The average molecular weight is 209 g/mol. The van der Waals surface area contributed by atoms with Gasteiger partial charge in [0.2, 0.25) is 0 Å². The number of aliphatic carboxylic acids is 1. The van der Waals surface area contributed by atoms with E-state index in [0.717, 1.165) is 0 Å². The number of hydrogen-bond donors (Lipinski definition) is 3. The molecular formula is C11H15NO3. The number of fused-ring (bicyclic) bond motifs is 1. The van der Waals surface area contributed by atoms with Crippen molar-refractivity contribution < 1.29 is 15.0 Å². The molecule has 4 nitrogen and oxygen atoms in total. The van der Waals surface area contributed by atoms with Gasteiger partial charge < -0.3 is 15.9 Å². The Kier molecular flexibility index (Phi) is 3.82. The third kappa shape index (κ3) is 3.69. The Morgan fingerprint density at radius 2 is 1.87 bits per heavy atom. The molecule has 82 valence electrons. The van der Waals surface area contributed by atoms with E-state index in [1.165, 1.54) is 24.5 Å². The summed E-state index contributed by atoms with van der Waals surface area (Å²) >= 11 is 0. The zero-order valence-electron chi connectivity index (χ0n) is 8.55. The van der Waals surface area contributed by atoms with Crippen molar-refractivity contribution in [3.8, 4) is 0 Å². The standard InChI is InChI=1S/C7H6.C4H9NO3/c1-2-4-7-5-6(7)3-1;1-2(6)3(5)4(7)8/h1-4H,5H2;2-3,6H,5H2,1H3,(H,7,8). The van der Waals surface area contributed by atoms with Crippen LogP contribution >= 0.6 is 0 Å². The Hall–Kier alpha value is -1.39. The molecule has 0 aromatic heterocycles. The number of carboxylic acids is 1.